The predicted octanol–water partition coefficient (Wildman–Crippen LogP) is 5.42. The molecule has 1 aromatic heterocycles. The van der Waals surface area contributed by atoms with Crippen LogP contribution in [0.4, 0.5) is 10.1 Å². The Morgan fingerprint density at radius 3 is 2.70 bits per heavy atom. The lowest BCUT2D eigenvalue weighted by Gasteiger charge is -2.36. The second kappa shape index (κ2) is 8.71. The lowest BCUT2D eigenvalue weighted by Crippen LogP contribution is -2.35. The van der Waals surface area contributed by atoms with Gasteiger partial charge in [0.05, 0.1) is 13.2 Å². The Morgan fingerprint density at radius 2 is 1.94 bits per heavy atom. The Kier molecular flexibility index (Phi) is 5.60. The highest BCUT2D eigenvalue weighted by Crippen LogP contribution is 2.40. The summed E-state index contributed by atoms with van der Waals surface area (Å²) in [4.78, 5) is 17.4. The average Bonchev–Trinajstić information content (AvgIpc) is 3.19. The quantitative estimate of drug-likeness (QED) is 0.433. The van der Waals surface area contributed by atoms with Crippen LogP contribution in [0.3, 0.4) is 0 Å². The molecule has 0 aliphatic carbocycles. The van der Waals surface area contributed by atoms with Crippen LogP contribution < -0.4 is 10.1 Å². The Labute approximate surface area is 192 Å². The molecule has 5 nitrogen and oxygen atoms in total. The number of carbonyl (C=O) groups is 1. The van der Waals surface area contributed by atoms with Gasteiger partial charge in [0.1, 0.15) is 0 Å². The number of anilines is 1. The maximum atomic E-state index is 14.2. The summed E-state index contributed by atoms with van der Waals surface area (Å²) in [6.07, 6.45) is 0.929. The number of aromatic amines is 1. The number of halogens is 1. The molecule has 0 spiro atoms. The molecule has 168 valence electrons. The first kappa shape index (κ1) is 21.2. The predicted molar refractivity (Wildman–Crippen MR) is 128 cm³/mol. The van der Waals surface area contributed by atoms with E-state index in [1.165, 1.54) is 31.0 Å². The Morgan fingerprint density at radius 1 is 1.15 bits per heavy atom. The van der Waals surface area contributed by atoms with Crippen LogP contribution in [0.2, 0.25) is 0 Å². The van der Waals surface area contributed by atoms with Gasteiger partial charge in [-0.1, -0.05) is 36.4 Å². The van der Waals surface area contributed by atoms with Gasteiger partial charge in [-0.05, 0) is 53.4 Å². The molecule has 0 radical (unpaired) electrons. The third-order valence-electron chi connectivity index (χ3n) is 6.29. The maximum Gasteiger partial charge on any atom is 0.221 e. The third-order valence-corrected chi connectivity index (χ3v) is 6.29. The zero-order chi connectivity index (χ0) is 22.9. The topological polar surface area (TPSA) is 57.4 Å². The lowest BCUT2D eigenvalue weighted by molar-refractivity contribution is -0.114. The first-order chi connectivity index (χ1) is 16.0. The zero-order valence-electron chi connectivity index (χ0n) is 18.7. The minimum atomic E-state index is -0.367. The fourth-order valence-electron chi connectivity index (χ4n) is 4.82. The third kappa shape index (κ3) is 4.10. The number of carbonyl (C=O) groups excluding carboxylic acids is 1. The number of aromatic nitrogens is 1. The average molecular weight is 444 g/mol. The van der Waals surface area contributed by atoms with Crippen molar-refractivity contribution in [2.45, 2.75) is 25.9 Å². The molecule has 3 aromatic carbocycles. The highest BCUT2D eigenvalue weighted by Gasteiger charge is 2.32. The summed E-state index contributed by atoms with van der Waals surface area (Å²) in [6.45, 7) is 3.09. The zero-order valence-corrected chi connectivity index (χ0v) is 18.7. The monoisotopic (exact) mass is 443 g/mol. The van der Waals surface area contributed by atoms with E-state index in [4.69, 9.17) is 4.74 Å². The van der Waals surface area contributed by atoms with E-state index in [2.05, 4.69) is 33.4 Å². The molecule has 1 atom stereocenters. The normalized spacial score (nSPS) is 15.9. The van der Waals surface area contributed by atoms with Gasteiger partial charge in [-0.2, -0.15) is 0 Å². The lowest BCUT2D eigenvalue weighted by atomic mass is 9.91. The van der Waals surface area contributed by atoms with Crippen molar-refractivity contribution in [3.63, 3.8) is 0 Å². The van der Waals surface area contributed by atoms with Crippen LogP contribution in [0.25, 0.3) is 10.9 Å². The molecular weight excluding hydrogens is 417 g/mol. The number of fused-ring (bicyclic) bond motifs is 3. The van der Waals surface area contributed by atoms with Crippen molar-refractivity contribution in [3.8, 4) is 5.75 Å². The molecule has 4 aromatic rings. The number of rotatable bonds is 5. The first-order valence-corrected chi connectivity index (χ1v) is 11.1. The first-order valence-electron chi connectivity index (χ1n) is 11.1. The van der Waals surface area contributed by atoms with Crippen molar-refractivity contribution in [1.29, 1.82) is 0 Å². The summed E-state index contributed by atoms with van der Waals surface area (Å²) < 4.78 is 19.5. The maximum absolute atomic E-state index is 14.2. The number of nitrogens with one attached hydrogen (secondary N) is 2. The molecule has 5 rings (SSSR count). The van der Waals surface area contributed by atoms with Crippen molar-refractivity contribution < 1.29 is 13.9 Å². The van der Waals surface area contributed by atoms with Crippen molar-refractivity contribution in [2.24, 2.45) is 0 Å². The SMILES string of the molecule is COc1cc([C@H]2c3[nH]c4ccccc4c3CCN2Cc2ccc(NC(C)=O)cc2)ccc1F. The van der Waals surface area contributed by atoms with Crippen LogP contribution in [0, 0.1) is 5.82 Å². The Bertz CT molecular complexity index is 1310. The molecule has 1 amide bonds. The van der Waals surface area contributed by atoms with Gasteiger partial charge >= 0.3 is 0 Å². The van der Waals surface area contributed by atoms with Crippen LogP contribution in [-0.4, -0.2) is 29.4 Å². The van der Waals surface area contributed by atoms with Crippen molar-refractivity contribution in [3.05, 3.63) is 94.9 Å². The van der Waals surface area contributed by atoms with E-state index in [9.17, 15) is 9.18 Å². The van der Waals surface area contributed by atoms with Gasteiger partial charge in [-0.25, -0.2) is 4.39 Å². The van der Waals surface area contributed by atoms with E-state index < -0.39 is 0 Å². The van der Waals surface area contributed by atoms with Crippen LogP contribution in [-0.2, 0) is 17.8 Å². The number of para-hydroxylation sites is 1. The molecule has 33 heavy (non-hydrogen) atoms. The Hall–Kier alpha value is -3.64. The van der Waals surface area contributed by atoms with E-state index in [0.717, 1.165) is 47.5 Å². The van der Waals surface area contributed by atoms with E-state index in [1.807, 2.05) is 36.4 Å². The van der Waals surface area contributed by atoms with Gasteiger partial charge in [-0.3, -0.25) is 9.69 Å². The van der Waals surface area contributed by atoms with Gasteiger partial charge in [0.2, 0.25) is 5.91 Å². The number of amides is 1. The molecule has 1 aliphatic rings. The van der Waals surface area contributed by atoms with Crippen molar-refractivity contribution in [2.75, 3.05) is 19.0 Å². The van der Waals surface area contributed by atoms with E-state index in [1.54, 1.807) is 6.07 Å². The highest BCUT2D eigenvalue weighted by atomic mass is 19.1. The molecular formula is C27H26FN3O2. The number of hydrogen-bond donors (Lipinski definition) is 2. The summed E-state index contributed by atoms with van der Waals surface area (Å²) >= 11 is 0. The number of methoxy groups -OCH3 is 1. The highest BCUT2D eigenvalue weighted by molar-refractivity contribution is 5.88. The fourth-order valence-corrected chi connectivity index (χ4v) is 4.82. The summed E-state index contributed by atoms with van der Waals surface area (Å²) in [7, 11) is 1.49. The minimum absolute atomic E-state index is 0.0642. The largest absolute Gasteiger partial charge is 0.494 e. The summed E-state index contributed by atoms with van der Waals surface area (Å²) in [6, 6.07) is 21.3. The molecule has 0 bridgehead atoms. The molecule has 0 fully saturated rings. The molecule has 2 N–H and O–H groups in total. The number of ether oxygens (including phenoxy) is 1. The second-order valence-corrected chi connectivity index (χ2v) is 8.46. The number of H-pyrrole nitrogens is 1. The van der Waals surface area contributed by atoms with Gasteiger partial charge < -0.3 is 15.0 Å². The molecule has 0 unspecified atom stereocenters. The van der Waals surface area contributed by atoms with Gasteiger partial charge in [0.15, 0.2) is 11.6 Å². The van der Waals surface area contributed by atoms with Gasteiger partial charge in [0.25, 0.3) is 0 Å². The number of hydrogen-bond acceptors (Lipinski definition) is 3. The summed E-state index contributed by atoms with van der Waals surface area (Å²) in [5.74, 6) is -0.208. The van der Waals surface area contributed by atoms with E-state index >= 15 is 0 Å². The smallest absolute Gasteiger partial charge is 0.221 e. The van der Waals surface area contributed by atoms with Gasteiger partial charge in [-0.15, -0.1) is 0 Å². The molecule has 6 heteroatoms. The minimum Gasteiger partial charge on any atom is -0.494 e. The molecule has 2 heterocycles. The van der Waals surface area contributed by atoms with Crippen LogP contribution in [0.5, 0.6) is 5.75 Å². The van der Waals surface area contributed by atoms with E-state index in [-0.39, 0.29) is 23.5 Å². The number of benzene rings is 3. The fraction of sp³-hybridized carbons (Fsp3) is 0.222. The molecule has 0 saturated heterocycles. The molecule has 0 saturated carbocycles. The summed E-state index contributed by atoms with van der Waals surface area (Å²) in [5, 5.41) is 4.05. The van der Waals surface area contributed by atoms with Crippen LogP contribution in [0.1, 0.15) is 35.3 Å². The summed E-state index contributed by atoms with van der Waals surface area (Å²) in [5.41, 5.74) is 6.48. The van der Waals surface area contributed by atoms with Crippen molar-refractivity contribution in [1.82, 2.24) is 9.88 Å². The second-order valence-electron chi connectivity index (χ2n) is 8.46. The van der Waals surface area contributed by atoms with Crippen molar-refractivity contribution >= 4 is 22.5 Å². The standard InChI is InChI=1S/C27H26FN3O2/c1-17(32)29-20-10-7-18(8-11-20)16-31-14-13-22-21-5-3-4-6-24(21)30-26(22)27(31)19-9-12-23(28)25(15-19)33-2/h3-12,15,27,30H,13-14,16H2,1-2H3,(H,29,32)/t27-/m0/s1. The van der Waals surface area contributed by atoms with E-state index in [0.29, 0.717) is 0 Å². The van der Waals surface area contributed by atoms with Crippen LogP contribution in [0.15, 0.2) is 66.7 Å². The van der Waals surface area contributed by atoms with Crippen LogP contribution >= 0.6 is 0 Å². The number of nitrogens with zero attached hydrogens (tertiary/aromatic N) is 1. The Balaban J connectivity index is 1.54. The van der Waals surface area contributed by atoms with Gasteiger partial charge in [0, 0.05) is 42.3 Å². The molecule has 1 aliphatic heterocycles.